The van der Waals surface area contributed by atoms with Crippen LogP contribution in [0.5, 0.6) is 0 Å². The Morgan fingerprint density at radius 3 is 2.80 bits per heavy atom. The minimum atomic E-state index is 0.619. The molecule has 2 atom stereocenters. The highest BCUT2D eigenvalue weighted by Gasteiger charge is 2.33. The minimum Gasteiger partial charge on any atom is -0.307 e. The summed E-state index contributed by atoms with van der Waals surface area (Å²) in [6.45, 7) is 4.56. The van der Waals surface area contributed by atoms with Crippen molar-refractivity contribution >= 4 is 0 Å². The summed E-state index contributed by atoms with van der Waals surface area (Å²) in [6.07, 6.45) is 4.01. The van der Waals surface area contributed by atoms with Crippen LogP contribution in [-0.4, -0.2) is 6.04 Å². The first-order chi connectivity index (χ1) is 7.24. The van der Waals surface area contributed by atoms with Crippen LogP contribution in [0.3, 0.4) is 0 Å². The van der Waals surface area contributed by atoms with Gasteiger partial charge in [0.1, 0.15) is 0 Å². The van der Waals surface area contributed by atoms with E-state index in [9.17, 15) is 0 Å². The molecule has 0 bridgehead atoms. The Balaban J connectivity index is 1.90. The number of aryl methyl sites for hydroxylation is 1. The second kappa shape index (κ2) is 3.34. The summed E-state index contributed by atoms with van der Waals surface area (Å²) >= 11 is 0. The van der Waals surface area contributed by atoms with Crippen molar-refractivity contribution in [3.8, 4) is 0 Å². The Labute approximate surface area is 91.9 Å². The summed E-state index contributed by atoms with van der Waals surface area (Å²) in [6, 6.07) is 8.37. The second-order valence-corrected chi connectivity index (χ2v) is 5.30. The number of fused-ring (bicyclic) bond motifs is 1. The van der Waals surface area contributed by atoms with E-state index in [0.717, 1.165) is 12.0 Å². The fourth-order valence-corrected chi connectivity index (χ4v) is 2.74. The smallest absolute Gasteiger partial charge is 0.0354 e. The Hall–Kier alpha value is -0.820. The van der Waals surface area contributed by atoms with E-state index in [1.807, 2.05) is 0 Å². The molecule has 2 aliphatic carbocycles. The monoisotopic (exact) mass is 201 g/mol. The average Bonchev–Trinajstić information content (AvgIpc) is 2.93. The molecule has 0 aliphatic heterocycles. The van der Waals surface area contributed by atoms with E-state index in [1.54, 1.807) is 11.1 Å². The van der Waals surface area contributed by atoms with Gasteiger partial charge in [-0.05, 0) is 43.2 Å². The van der Waals surface area contributed by atoms with E-state index in [4.69, 9.17) is 0 Å². The largest absolute Gasteiger partial charge is 0.307 e. The molecule has 1 saturated carbocycles. The normalized spacial score (nSPS) is 29.2. The molecule has 0 spiro atoms. The fourth-order valence-electron chi connectivity index (χ4n) is 2.74. The predicted octanol–water partition coefficient (Wildman–Crippen LogP) is 2.98. The van der Waals surface area contributed by atoms with Crippen LogP contribution < -0.4 is 5.32 Å². The van der Waals surface area contributed by atoms with Gasteiger partial charge in [-0.1, -0.05) is 30.7 Å². The third-order valence-electron chi connectivity index (χ3n) is 3.74. The third kappa shape index (κ3) is 1.69. The molecule has 3 rings (SSSR count). The molecule has 2 aliphatic rings. The maximum absolute atomic E-state index is 3.78. The summed E-state index contributed by atoms with van der Waals surface area (Å²) in [5, 5.41) is 3.78. The molecule has 0 saturated heterocycles. The molecule has 80 valence electrons. The minimum absolute atomic E-state index is 0.619. The third-order valence-corrected chi connectivity index (χ3v) is 3.74. The van der Waals surface area contributed by atoms with Crippen molar-refractivity contribution in [1.29, 1.82) is 0 Å². The number of benzene rings is 1. The van der Waals surface area contributed by atoms with E-state index >= 15 is 0 Å². The van der Waals surface area contributed by atoms with Crippen LogP contribution in [0.1, 0.15) is 42.5 Å². The topological polar surface area (TPSA) is 12.0 Å². The first-order valence-electron chi connectivity index (χ1n) is 6.09. The first-order valence-corrected chi connectivity index (χ1v) is 6.09. The first kappa shape index (κ1) is 9.41. The Kier molecular flexibility index (Phi) is 2.10. The molecule has 0 heterocycles. The van der Waals surface area contributed by atoms with Crippen molar-refractivity contribution in [3.05, 3.63) is 34.9 Å². The van der Waals surface area contributed by atoms with Gasteiger partial charge < -0.3 is 5.32 Å². The Morgan fingerprint density at radius 1 is 1.27 bits per heavy atom. The lowest BCUT2D eigenvalue weighted by molar-refractivity contribution is 0.414. The maximum Gasteiger partial charge on any atom is 0.0354 e. The van der Waals surface area contributed by atoms with Crippen LogP contribution >= 0.6 is 0 Å². The standard InChI is InChI=1S/C14H19N/c1-9-3-6-13-11(7-9)8-10(2)14(13)15-12-4-5-12/h3,6-7,10,12,14-15H,4-5,8H2,1-2H3. The summed E-state index contributed by atoms with van der Waals surface area (Å²) in [4.78, 5) is 0. The molecular formula is C14H19N. The zero-order chi connectivity index (χ0) is 10.4. The van der Waals surface area contributed by atoms with Crippen LogP contribution in [0, 0.1) is 12.8 Å². The number of nitrogens with one attached hydrogen (secondary N) is 1. The number of rotatable bonds is 2. The summed E-state index contributed by atoms with van der Waals surface area (Å²) in [5.74, 6) is 0.766. The molecule has 1 heteroatoms. The van der Waals surface area contributed by atoms with E-state index in [0.29, 0.717) is 6.04 Å². The van der Waals surface area contributed by atoms with Crippen molar-refractivity contribution in [3.63, 3.8) is 0 Å². The lowest BCUT2D eigenvalue weighted by atomic mass is 10.0. The molecule has 15 heavy (non-hydrogen) atoms. The lowest BCUT2D eigenvalue weighted by Gasteiger charge is -2.18. The number of hydrogen-bond acceptors (Lipinski definition) is 1. The van der Waals surface area contributed by atoms with Crippen molar-refractivity contribution in [2.75, 3.05) is 0 Å². The van der Waals surface area contributed by atoms with Gasteiger partial charge in [-0.2, -0.15) is 0 Å². The zero-order valence-electron chi connectivity index (χ0n) is 9.59. The van der Waals surface area contributed by atoms with E-state index in [1.165, 1.54) is 24.8 Å². The average molecular weight is 201 g/mol. The van der Waals surface area contributed by atoms with Crippen LogP contribution in [0.15, 0.2) is 18.2 Å². The van der Waals surface area contributed by atoms with Crippen LogP contribution in [-0.2, 0) is 6.42 Å². The Bertz CT molecular complexity index is 379. The molecule has 0 aromatic heterocycles. The van der Waals surface area contributed by atoms with Crippen LogP contribution in [0.25, 0.3) is 0 Å². The highest BCUT2D eigenvalue weighted by molar-refractivity contribution is 5.38. The highest BCUT2D eigenvalue weighted by Crippen LogP contribution is 2.38. The van der Waals surface area contributed by atoms with Gasteiger partial charge in [0.2, 0.25) is 0 Å². The molecular weight excluding hydrogens is 182 g/mol. The molecule has 1 aromatic rings. The van der Waals surface area contributed by atoms with E-state index in [2.05, 4.69) is 37.4 Å². The maximum atomic E-state index is 3.78. The van der Waals surface area contributed by atoms with Gasteiger partial charge >= 0.3 is 0 Å². The molecule has 2 unspecified atom stereocenters. The number of hydrogen-bond donors (Lipinski definition) is 1. The van der Waals surface area contributed by atoms with Gasteiger partial charge in [-0.3, -0.25) is 0 Å². The van der Waals surface area contributed by atoms with Gasteiger partial charge in [-0.25, -0.2) is 0 Å². The van der Waals surface area contributed by atoms with Gasteiger partial charge in [-0.15, -0.1) is 0 Å². The second-order valence-electron chi connectivity index (χ2n) is 5.30. The predicted molar refractivity (Wildman–Crippen MR) is 62.9 cm³/mol. The fraction of sp³-hybridized carbons (Fsp3) is 0.571. The van der Waals surface area contributed by atoms with Crippen molar-refractivity contribution < 1.29 is 0 Å². The van der Waals surface area contributed by atoms with Crippen molar-refractivity contribution in [1.82, 2.24) is 5.32 Å². The quantitative estimate of drug-likeness (QED) is 0.775. The molecule has 1 N–H and O–H groups in total. The van der Waals surface area contributed by atoms with Gasteiger partial charge in [0.15, 0.2) is 0 Å². The molecule has 0 amide bonds. The van der Waals surface area contributed by atoms with Gasteiger partial charge in [0, 0.05) is 12.1 Å². The lowest BCUT2D eigenvalue weighted by Crippen LogP contribution is -2.25. The van der Waals surface area contributed by atoms with Crippen LogP contribution in [0.4, 0.5) is 0 Å². The van der Waals surface area contributed by atoms with Crippen molar-refractivity contribution in [2.24, 2.45) is 5.92 Å². The van der Waals surface area contributed by atoms with Gasteiger partial charge in [0.05, 0.1) is 0 Å². The van der Waals surface area contributed by atoms with E-state index < -0.39 is 0 Å². The molecule has 1 nitrogen and oxygen atoms in total. The van der Waals surface area contributed by atoms with Crippen molar-refractivity contribution in [2.45, 2.75) is 45.2 Å². The van der Waals surface area contributed by atoms with Gasteiger partial charge in [0.25, 0.3) is 0 Å². The Morgan fingerprint density at radius 2 is 2.07 bits per heavy atom. The SMILES string of the molecule is Cc1ccc2c(c1)CC(C)C2NC1CC1. The summed E-state index contributed by atoms with van der Waals surface area (Å²) in [7, 11) is 0. The summed E-state index contributed by atoms with van der Waals surface area (Å²) in [5.41, 5.74) is 4.52. The summed E-state index contributed by atoms with van der Waals surface area (Å²) < 4.78 is 0. The molecule has 1 fully saturated rings. The molecule has 1 aromatic carbocycles. The molecule has 0 radical (unpaired) electrons. The highest BCUT2D eigenvalue weighted by atomic mass is 15.0. The van der Waals surface area contributed by atoms with E-state index in [-0.39, 0.29) is 0 Å². The van der Waals surface area contributed by atoms with Crippen LogP contribution in [0.2, 0.25) is 0 Å². The zero-order valence-corrected chi connectivity index (χ0v) is 9.59.